The summed E-state index contributed by atoms with van der Waals surface area (Å²) in [6.45, 7) is 15.8. The SMILES string of the molecule is CC(C)(C)CCN1CCOC(CC(C)(C)CCO)C1. The van der Waals surface area contributed by atoms with Gasteiger partial charge in [0.05, 0.1) is 12.7 Å². The molecule has 0 bridgehead atoms. The number of hydrogen-bond donors (Lipinski definition) is 1. The van der Waals surface area contributed by atoms with E-state index in [1.807, 2.05) is 0 Å². The van der Waals surface area contributed by atoms with E-state index >= 15 is 0 Å². The molecule has 3 nitrogen and oxygen atoms in total. The maximum Gasteiger partial charge on any atom is 0.0707 e. The highest BCUT2D eigenvalue weighted by Gasteiger charge is 2.28. The third-order valence-corrected chi connectivity index (χ3v) is 3.97. The molecule has 0 amide bonds. The third-order valence-electron chi connectivity index (χ3n) is 3.97. The van der Waals surface area contributed by atoms with Crippen LogP contribution >= 0.6 is 0 Å². The van der Waals surface area contributed by atoms with E-state index in [0.29, 0.717) is 11.5 Å². The Morgan fingerprint density at radius 3 is 2.42 bits per heavy atom. The van der Waals surface area contributed by atoms with Crippen LogP contribution in [0.15, 0.2) is 0 Å². The first-order valence-corrected chi connectivity index (χ1v) is 7.67. The second kappa shape index (κ2) is 7.05. The van der Waals surface area contributed by atoms with Gasteiger partial charge in [-0.3, -0.25) is 4.90 Å². The van der Waals surface area contributed by atoms with Crippen molar-refractivity contribution in [2.24, 2.45) is 10.8 Å². The van der Waals surface area contributed by atoms with Crippen LogP contribution in [0.4, 0.5) is 0 Å². The summed E-state index contributed by atoms with van der Waals surface area (Å²) in [7, 11) is 0. The predicted octanol–water partition coefficient (Wildman–Crippen LogP) is 2.92. The number of aliphatic hydroxyl groups excluding tert-OH is 1. The first-order chi connectivity index (χ1) is 8.72. The van der Waals surface area contributed by atoms with E-state index in [1.54, 1.807) is 0 Å². The van der Waals surface area contributed by atoms with Gasteiger partial charge in [0.1, 0.15) is 0 Å². The van der Waals surface area contributed by atoms with Crippen LogP contribution in [0.25, 0.3) is 0 Å². The van der Waals surface area contributed by atoms with Gasteiger partial charge in [-0.05, 0) is 36.6 Å². The molecule has 1 unspecified atom stereocenters. The fourth-order valence-corrected chi connectivity index (χ4v) is 2.62. The number of rotatable bonds is 6. The van der Waals surface area contributed by atoms with E-state index in [-0.39, 0.29) is 12.0 Å². The highest BCUT2D eigenvalue weighted by molar-refractivity contribution is 4.79. The molecule has 0 aliphatic carbocycles. The van der Waals surface area contributed by atoms with Crippen LogP contribution in [0.2, 0.25) is 0 Å². The zero-order valence-corrected chi connectivity index (χ0v) is 13.5. The van der Waals surface area contributed by atoms with Gasteiger partial charge >= 0.3 is 0 Å². The average Bonchev–Trinajstić information content (AvgIpc) is 2.25. The molecule has 19 heavy (non-hydrogen) atoms. The minimum atomic E-state index is 0.173. The minimum Gasteiger partial charge on any atom is -0.396 e. The summed E-state index contributed by atoms with van der Waals surface area (Å²) in [4.78, 5) is 2.54. The van der Waals surface area contributed by atoms with E-state index in [0.717, 1.165) is 32.5 Å². The number of hydrogen-bond acceptors (Lipinski definition) is 3. The molecule has 3 heteroatoms. The molecule has 1 N–H and O–H groups in total. The zero-order chi connectivity index (χ0) is 14.5. The standard InChI is InChI=1S/C16H33NO2/c1-15(2,3)6-8-17-9-11-19-14(13-17)12-16(4,5)7-10-18/h14,18H,6-13H2,1-5H3. The second-order valence-corrected chi connectivity index (χ2v) is 7.95. The molecule has 1 atom stereocenters. The molecule has 0 spiro atoms. The molecule has 1 saturated heterocycles. The molecule has 0 aromatic carbocycles. The summed E-state index contributed by atoms with van der Waals surface area (Å²) in [5.74, 6) is 0. The van der Waals surface area contributed by atoms with Crippen molar-refractivity contribution in [3.8, 4) is 0 Å². The molecule has 1 heterocycles. The highest BCUT2D eigenvalue weighted by atomic mass is 16.5. The van der Waals surface area contributed by atoms with Gasteiger partial charge in [-0.1, -0.05) is 34.6 Å². The summed E-state index contributed by atoms with van der Waals surface area (Å²) in [5.41, 5.74) is 0.580. The lowest BCUT2D eigenvalue weighted by atomic mass is 9.83. The molecule has 1 fully saturated rings. The van der Waals surface area contributed by atoms with Crippen LogP contribution in [-0.2, 0) is 4.74 Å². The van der Waals surface area contributed by atoms with E-state index in [2.05, 4.69) is 39.5 Å². The fourth-order valence-electron chi connectivity index (χ4n) is 2.62. The number of aliphatic hydroxyl groups is 1. The highest BCUT2D eigenvalue weighted by Crippen LogP contribution is 2.29. The Labute approximate surface area is 119 Å². The Kier molecular flexibility index (Phi) is 6.28. The molecule has 0 radical (unpaired) electrons. The smallest absolute Gasteiger partial charge is 0.0707 e. The van der Waals surface area contributed by atoms with Crippen LogP contribution in [0, 0.1) is 10.8 Å². The molecule has 1 aliphatic rings. The molecule has 0 saturated carbocycles. The Hall–Kier alpha value is -0.120. The summed E-state index contributed by atoms with van der Waals surface area (Å²) >= 11 is 0. The summed E-state index contributed by atoms with van der Waals surface area (Å²) in [6, 6.07) is 0. The Bertz CT molecular complexity index is 258. The summed E-state index contributed by atoms with van der Waals surface area (Å²) in [6.07, 6.45) is 3.46. The quantitative estimate of drug-likeness (QED) is 0.806. The van der Waals surface area contributed by atoms with Crippen LogP contribution in [0.3, 0.4) is 0 Å². The van der Waals surface area contributed by atoms with Gasteiger partial charge in [-0.2, -0.15) is 0 Å². The van der Waals surface area contributed by atoms with Crippen LogP contribution in [-0.4, -0.2) is 49.0 Å². The van der Waals surface area contributed by atoms with E-state index in [9.17, 15) is 0 Å². The normalized spacial score (nSPS) is 22.7. The van der Waals surface area contributed by atoms with Crippen molar-refractivity contribution >= 4 is 0 Å². The Morgan fingerprint density at radius 1 is 1.16 bits per heavy atom. The Morgan fingerprint density at radius 2 is 1.84 bits per heavy atom. The van der Waals surface area contributed by atoms with Crippen LogP contribution in [0.1, 0.15) is 53.9 Å². The number of morpholine rings is 1. The lowest BCUT2D eigenvalue weighted by molar-refractivity contribution is -0.0514. The van der Waals surface area contributed by atoms with Crippen molar-refractivity contribution in [1.82, 2.24) is 4.90 Å². The van der Waals surface area contributed by atoms with E-state index in [4.69, 9.17) is 9.84 Å². The molecule has 1 aliphatic heterocycles. The van der Waals surface area contributed by atoms with Crippen LogP contribution < -0.4 is 0 Å². The first-order valence-electron chi connectivity index (χ1n) is 7.67. The Balaban J connectivity index is 2.37. The van der Waals surface area contributed by atoms with Crippen molar-refractivity contribution in [3.05, 3.63) is 0 Å². The average molecular weight is 271 g/mol. The van der Waals surface area contributed by atoms with Crippen molar-refractivity contribution in [3.63, 3.8) is 0 Å². The van der Waals surface area contributed by atoms with Crippen molar-refractivity contribution in [2.45, 2.75) is 60.0 Å². The monoisotopic (exact) mass is 271 g/mol. The topological polar surface area (TPSA) is 32.7 Å². The van der Waals surface area contributed by atoms with Gasteiger partial charge in [0, 0.05) is 19.7 Å². The van der Waals surface area contributed by atoms with Crippen molar-refractivity contribution in [2.75, 3.05) is 32.8 Å². The maximum atomic E-state index is 9.11. The van der Waals surface area contributed by atoms with E-state index in [1.165, 1.54) is 13.0 Å². The van der Waals surface area contributed by atoms with Gasteiger partial charge in [-0.15, -0.1) is 0 Å². The lowest BCUT2D eigenvalue weighted by Crippen LogP contribution is -2.45. The summed E-state index contributed by atoms with van der Waals surface area (Å²) < 4.78 is 5.90. The molecule has 114 valence electrons. The molecule has 1 rings (SSSR count). The van der Waals surface area contributed by atoms with Crippen molar-refractivity contribution in [1.29, 1.82) is 0 Å². The van der Waals surface area contributed by atoms with Crippen molar-refractivity contribution < 1.29 is 9.84 Å². The molecule has 0 aromatic heterocycles. The summed E-state index contributed by atoms with van der Waals surface area (Å²) in [5, 5.41) is 9.11. The predicted molar refractivity (Wildman–Crippen MR) is 80.4 cm³/mol. The molecular weight excluding hydrogens is 238 g/mol. The van der Waals surface area contributed by atoms with Gasteiger partial charge in [0.15, 0.2) is 0 Å². The van der Waals surface area contributed by atoms with Gasteiger partial charge in [-0.25, -0.2) is 0 Å². The number of nitrogens with zero attached hydrogens (tertiary/aromatic N) is 1. The maximum absolute atomic E-state index is 9.11. The zero-order valence-electron chi connectivity index (χ0n) is 13.5. The van der Waals surface area contributed by atoms with Gasteiger partial charge in [0.2, 0.25) is 0 Å². The first kappa shape index (κ1) is 16.9. The van der Waals surface area contributed by atoms with Gasteiger partial charge in [0.25, 0.3) is 0 Å². The number of ether oxygens (including phenoxy) is 1. The lowest BCUT2D eigenvalue weighted by Gasteiger charge is -2.37. The fraction of sp³-hybridized carbons (Fsp3) is 1.00. The second-order valence-electron chi connectivity index (χ2n) is 7.95. The third kappa shape index (κ3) is 7.28. The van der Waals surface area contributed by atoms with E-state index < -0.39 is 0 Å². The molecular formula is C16H33NO2. The van der Waals surface area contributed by atoms with Gasteiger partial charge < -0.3 is 9.84 Å². The van der Waals surface area contributed by atoms with Crippen LogP contribution in [0.5, 0.6) is 0 Å². The molecule has 0 aromatic rings. The largest absolute Gasteiger partial charge is 0.396 e. The minimum absolute atomic E-state index is 0.173.